The minimum atomic E-state index is -4.40. The van der Waals surface area contributed by atoms with Gasteiger partial charge in [0.15, 0.2) is 0 Å². The van der Waals surface area contributed by atoms with Crippen molar-refractivity contribution in [1.29, 1.82) is 0 Å². The Morgan fingerprint density at radius 2 is 1.96 bits per heavy atom. The summed E-state index contributed by atoms with van der Waals surface area (Å²) < 4.78 is 40.7. The number of aromatic nitrogens is 2. The fraction of sp³-hybridized carbons (Fsp3) is 0.722. The van der Waals surface area contributed by atoms with Gasteiger partial charge in [0, 0.05) is 39.6 Å². The lowest BCUT2D eigenvalue weighted by Gasteiger charge is -2.49. The summed E-state index contributed by atoms with van der Waals surface area (Å²) in [7, 11) is 1.53. The molecule has 1 N–H and O–H groups in total. The maximum absolute atomic E-state index is 13.1. The Balaban J connectivity index is 1.29. The molecule has 1 aromatic rings. The number of carbonyl (C=O) groups is 2. The smallest absolute Gasteiger partial charge is 0.347 e. The van der Waals surface area contributed by atoms with Gasteiger partial charge in [-0.2, -0.15) is 18.3 Å². The summed E-state index contributed by atoms with van der Waals surface area (Å²) in [5, 5.41) is 6.73. The van der Waals surface area contributed by atoms with Crippen LogP contribution in [0.3, 0.4) is 0 Å². The molecule has 0 unspecified atom stereocenters. The van der Waals surface area contributed by atoms with Gasteiger partial charge >= 0.3 is 12.2 Å². The summed E-state index contributed by atoms with van der Waals surface area (Å²) in [4.78, 5) is 27.6. The van der Waals surface area contributed by atoms with Gasteiger partial charge in [0.2, 0.25) is 5.91 Å². The van der Waals surface area contributed by atoms with Crippen LogP contribution in [0, 0.1) is 5.92 Å². The quantitative estimate of drug-likeness (QED) is 0.824. The highest BCUT2D eigenvalue weighted by molar-refractivity contribution is 5.82. The highest BCUT2D eigenvalue weighted by Crippen LogP contribution is 2.35. The summed E-state index contributed by atoms with van der Waals surface area (Å²) in [5.41, 5.74) is -0.699. The standard InChI is InChI=1S/C18H24F3N5O2/c1-24-14(13(9-22-24)18(19,20)21)8-12-3-6-25(7-4-12)16(28)26-10-17(11-26)5-2-15(27)23-17/h9,12H,2-8,10-11H2,1H3,(H,23,27). The maximum atomic E-state index is 13.1. The second kappa shape index (κ2) is 6.66. The van der Waals surface area contributed by atoms with Crippen molar-refractivity contribution in [2.24, 2.45) is 13.0 Å². The van der Waals surface area contributed by atoms with E-state index in [4.69, 9.17) is 0 Å². The molecule has 28 heavy (non-hydrogen) atoms. The summed E-state index contributed by atoms with van der Waals surface area (Å²) in [6.45, 7) is 2.17. The van der Waals surface area contributed by atoms with Gasteiger partial charge in [0.25, 0.3) is 0 Å². The average molecular weight is 399 g/mol. The first-order valence-electron chi connectivity index (χ1n) is 9.60. The monoisotopic (exact) mass is 399 g/mol. The van der Waals surface area contributed by atoms with Crippen molar-refractivity contribution in [2.45, 2.75) is 43.8 Å². The topological polar surface area (TPSA) is 70.5 Å². The fourth-order valence-corrected chi connectivity index (χ4v) is 4.57. The zero-order chi connectivity index (χ0) is 20.1. The average Bonchev–Trinajstić information content (AvgIpc) is 3.17. The van der Waals surface area contributed by atoms with Crippen molar-refractivity contribution >= 4 is 11.9 Å². The van der Waals surface area contributed by atoms with Crippen LogP contribution in [0.4, 0.5) is 18.0 Å². The van der Waals surface area contributed by atoms with E-state index >= 15 is 0 Å². The van der Waals surface area contributed by atoms with E-state index < -0.39 is 11.7 Å². The van der Waals surface area contributed by atoms with Crippen molar-refractivity contribution in [2.75, 3.05) is 26.2 Å². The third-order valence-corrected chi connectivity index (χ3v) is 6.23. The number of amides is 3. The Labute approximate surface area is 160 Å². The zero-order valence-electron chi connectivity index (χ0n) is 15.8. The van der Waals surface area contributed by atoms with Gasteiger partial charge in [-0.05, 0) is 31.6 Å². The van der Waals surface area contributed by atoms with E-state index in [0.29, 0.717) is 51.9 Å². The molecule has 0 radical (unpaired) electrons. The number of alkyl halides is 3. The first-order valence-corrected chi connectivity index (χ1v) is 9.60. The van der Waals surface area contributed by atoms with E-state index in [0.717, 1.165) is 12.6 Å². The van der Waals surface area contributed by atoms with E-state index in [1.165, 1.54) is 11.7 Å². The van der Waals surface area contributed by atoms with Crippen LogP contribution in [0.2, 0.25) is 0 Å². The molecule has 154 valence electrons. The molecule has 4 heterocycles. The molecule has 10 heteroatoms. The molecule has 4 rings (SSSR count). The molecule has 3 aliphatic heterocycles. The van der Waals surface area contributed by atoms with Crippen molar-refractivity contribution in [3.05, 3.63) is 17.5 Å². The van der Waals surface area contributed by atoms with E-state index in [1.807, 2.05) is 0 Å². The van der Waals surface area contributed by atoms with Crippen molar-refractivity contribution < 1.29 is 22.8 Å². The minimum Gasteiger partial charge on any atom is -0.347 e. The van der Waals surface area contributed by atoms with Crippen LogP contribution in [-0.2, 0) is 24.4 Å². The van der Waals surface area contributed by atoms with Crippen LogP contribution in [0.1, 0.15) is 36.9 Å². The van der Waals surface area contributed by atoms with Crippen LogP contribution in [0.15, 0.2) is 6.20 Å². The Kier molecular flexibility index (Phi) is 4.54. The molecule has 3 aliphatic rings. The van der Waals surface area contributed by atoms with Gasteiger partial charge in [-0.3, -0.25) is 9.48 Å². The molecular formula is C18H24F3N5O2. The molecule has 0 saturated carbocycles. The van der Waals surface area contributed by atoms with E-state index in [9.17, 15) is 22.8 Å². The van der Waals surface area contributed by atoms with Crippen LogP contribution >= 0.6 is 0 Å². The SMILES string of the molecule is Cn1ncc(C(F)(F)F)c1CC1CCN(C(=O)N2CC3(CCC(=O)N3)C2)CC1. The zero-order valence-corrected chi connectivity index (χ0v) is 15.8. The van der Waals surface area contributed by atoms with Crippen molar-refractivity contribution in [1.82, 2.24) is 24.9 Å². The van der Waals surface area contributed by atoms with Crippen LogP contribution < -0.4 is 5.32 Å². The lowest BCUT2D eigenvalue weighted by Crippen LogP contribution is -2.70. The number of likely N-dealkylation sites (tertiary alicyclic amines) is 2. The fourth-order valence-electron chi connectivity index (χ4n) is 4.57. The van der Waals surface area contributed by atoms with Crippen molar-refractivity contribution in [3.63, 3.8) is 0 Å². The highest BCUT2D eigenvalue weighted by Gasteiger charge is 2.50. The number of piperidine rings is 1. The number of urea groups is 1. The van der Waals surface area contributed by atoms with Gasteiger partial charge in [-0.25, -0.2) is 4.79 Å². The summed E-state index contributed by atoms with van der Waals surface area (Å²) in [5.74, 6) is 0.138. The van der Waals surface area contributed by atoms with E-state index in [2.05, 4.69) is 10.4 Å². The first-order chi connectivity index (χ1) is 13.2. The number of carbonyl (C=O) groups excluding carboxylic acids is 2. The molecule has 3 fully saturated rings. The summed E-state index contributed by atoms with van der Waals surface area (Å²) in [6, 6.07) is -0.0401. The largest absolute Gasteiger partial charge is 0.419 e. The number of aryl methyl sites for hydroxylation is 1. The van der Waals surface area contributed by atoms with Crippen molar-refractivity contribution in [3.8, 4) is 0 Å². The molecule has 3 saturated heterocycles. The molecule has 3 amide bonds. The number of nitrogens with one attached hydrogen (secondary N) is 1. The second-order valence-corrected chi connectivity index (χ2v) is 8.23. The number of hydrogen-bond acceptors (Lipinski definition) is 3. The van der Waals surface area contributed by atoms with E-state index in [1.54, 1.807) is 9.80 Å². The molecule has 0 bridgehead atoms. The number of rotatable bonds is 2. The summed E-state index contributed by atoms with van der Waals surface area (Å²) >= 11 is 0. The predicted molar refractivity (Wildman–Crippen MR) is 93.3 cm³/mol. The number of hydrogen-bond donors (Lipinski definition) is 1. The van der Waals surface area contributed by atoms with E-state index in [-0.39, 0.29) is 29.1 Å². The Morgan fingerprint density at radius 3 is 2.54 bits per heavy atom. The first kappa shape index (κ1) is 19.1. The molecular weight excluding hydrogens is 375 g/mol. The predicted octanol–water partition coefficient (Wildman–Crippen LogP) is 1.78. The van der Waals surface area contributed by atoms with Gasteiger partial charge in [0.05, 0.1) is 23.0 Å². The Morgan fingerprint density at radius 1 is 1.29 bits per heavy atom. The molecule has 0 atom stereocenters. The lowest BCUT2D eigenvalue weighted by atomic mass is 9.88. The third-order valence-electron chi connectivity index (χ3n) is 6.23. The maximum Gasteiger partial charge on any atom is 0.419 e. The Bertz CT molecular complexity index is 777. The molecule has 7 nitrogen and oxygen atoms in total. The van der Waals surface area contributed by atoms with Gasteiger partial charge in [-0.15, -0.1) is 0 Å². The Hall–Kier alpha value is -2.26. The lowest BCUT2D eigenvalue weighted by molar-refractivity contribution is -0.138. The second-order valence-electron chi connectivity index (χ2n) is 8.23. The highest BCUT2D eigenvalue weighted by atomic mass is 19.4. The molecule has 0 aromatic carbocycles. The van der Waals surface area contributed by atoms with Gasteiger partial charge in [-0.1, -0.05) is 0 Å². The van der Waals surface area contributed by atoms with Crippen LogP contribution in [0.25, 0.3) is 0 Å². The summed E-state index contributed by atoms with van der Waals surface area (Å²) in [6.07, 6.45) is -0.579. The third kappa shape index (κ3) is 3.44. The molecule has 1 aromatic heterocycles. The van der Waals surface area contributed by atoms with Gasteiger partial charge in [0.1, 0.15) is 0 Å². The minimum absolute atomic E-state index is 0.0401. The molecule has 0 aliphatic carbocycles. The number of halogens is 3. The van der Waals surface area contributed by atoms with Crippen LogP contribution in [-0.4, -0.2) is 63.2 Å². The van der Waals surface area contributed by atoms with Gasteiger partial charge < -0.3 is 15.1 Å². The number of nitrogens with zero attached hydrogens (tertiary/aromatic N) is 4. The normalized spacial score (nSPS) is 22.5. The molecule has 1 spiro atoms. The van der Waals surface area contributed by atoms with Crippen LogP contribution in [0.5, 0.6) is 0 Å².